The van der Waals surface area contributed by atoms with Crippen molar-refractivity contribution in [3.63, 3.8) is 0 Å². The normalized spacial score (nSPS) is 44.6. The van der Waals surface area contributed by atoms with Crippen LogP contribution in [0.1, 0.15) is 19.3 Å². The number of nitrogens with zero attached hydrogens (tertiary/aromatic N) is 1. The molecule has 0 amide bonds. The molecule has 0 aromatic carbocycles. The summed E-state index contributed by atoms with van der Waals surface area (Å²) >= 11 is 0. The number of hydrogen-bond acceptors (Lipinski definition) is 2. The Labute approximate surface area is 88.3 Å². The van der Waals surface area contributed by atoms with E-state index in [1.807, 2.05) is 0 Å². The monoisotopic (exact) mass is 217 g/mol. The molecule has 2 heterocycles. The highest BCUT2D eigenvalue weighted by atomic mass is 19.3. The maximum absolute atomic E-state index is 12.6. The Kier molecular flexibility index (Phi) is 2.09. The molecule has 0 spiro atoms. The molecule has 4 rings (SSSR count). The molecule has 3 atom stereocenters. The van der Waals surface area contributed by atoms with Gasteiger partial charge in [-0.25, -0.2) is 8.78 Å². The Morgan fingerprint density at radius 2 is 1.80 bits per heavy atom. The Morgan fingerprint density at radius 3 is 2.27 bits per heavy atom. The number of piperidine rings is 2. The SMILES string of the molecule is OC1[C@@H]2C[C@H]1CN(CC1CC(F)(F)C1)C2. The molecule has 4 aliphatic rings. The lowest BCUT2D eigenvalue weighted by atomic mass is 9.67. The average Bonchev–Trinajstić information content (AvgIpc) is 2.14. The van der Waals surface area contributed by atoms with Gasteiger partial charge in [0.05, 0.1) is 6.10 Å². The van der Waals surface area contributed by atoms with Crippen LogP contribution < -0.4 is 0 Å². The molecule has 2 aliphatic carbocycles. The Bertz CT molecular complexity index is 251. The highest BCUT2D eigenvalue weighted by Gasteiger charge is 2.49. The number of rotatable bonds is 2. The summed E-state index contributed by atoms with van der Waals surface area (Å²) in [6, 6.07) is 0. The van der Waals surface area contributed by atoms with E-state index in [1.165, 1.54) is 0 Å². The fraction of sp³-hybridized carbons (Fsp3) is 1.00. The van der Waals surface area contributed by atoms with Gasteiger partial charge in [-0.15, -0.1) is 0 Å². The number of hydrogen-bond donors (Lipinski definition) is 1. The van der Waals surface area contributed by atoms with Crippen molar-refractivity contribution in [2.45, 2.75) is 31.3 Å². The minimum atomic E-state index is -2.39. The van der Waals surface area contributed by atoms with E-state index in [1.54, 1.807) is 0 Å². The minimum absolute atomic E-state index is 0.0708. The van der Waals surface area contributed by atoms with E-state index < -0.39 is 5.92 Å². The first-order chi connectivity index (χ1) is 7.03. The maximum Gasteiger partial charge on any atom is 0.248 e. The molecule has 0 aromatic heterocycles. The summed E-state index contributed by atoms with van der Waals surface area (Å²) in [7, 11) is 0. The molecule has 2 saturated heterocycles. The molecular formula is C11H17F2NO. The van der Waals surface area contributed by atoms with Crippen LogP contribution in [0.3, 0.4) is 0 Å². The van der Waals surface area contributed by atoms with Crippen LogP contribution in [0.15, 0.2) is 0 Å². The van der Waals surface area contributed by atoms with E-state index in [0.29, 0.717) is 11.8 Å². The van der Waals surface area contributed by atoms with Crippen molar-refractivity contribution in [1.82, 2.24) is 4.90 Å². The molecule has 1 unspecified atom stereocenters. The van der Waals surface area contributed by atoms with Gasteiger partial charge in [0.1, 0.15) is 0 Å². The molecule has 0 aromatic rings. The number of alkyl halides is 2. The molecule has 0 radical (unpaired) electrons. The standard InChI is InChI=1S/C11H17F2NO/c12-11(13)2-7(3-11)4-14-5-8-1-9(6-14)10(8)15/h7-10,15H,1-6H2/t8-,9+,10?. The van der Waals surface area contributed by atoms with Gasteiger partial charge in [-0.3, -0.25) is 0 Å². The second-order valence-corrected chi connectivity index (χ2v) is 5.60. The third-order valence-electron chi connectivity index (χ3n) is 4.25. The first kappa shape index (κ1) is 9.97. The van der Waals surface area contributed by atoms with Crippen LogP contribution in [0.2, 0.25) is 0 Å². The lowest BCUT2D eigenvalue weighted by Crippen LogP contribution is -2.59. The van der Waals surface area contributed by atoms with E-state index >= 15 is 0 Å². The van der Waals surface area contributed by atoms with Crippen molar-refractivity contribution in [2.24, 2.45) is 17.8 Å². The summed E-state index contributed by atoms with van der Waals surface area (Å²) in [6.45, 7) is 2.65. The molecule has 15 heavy (non-hydrogen) atoms. The van der Waals surface area contributed by atoms with Gasteiger partial charge < -0.3 is 10.0 Å². The van der Waals surface area contributed by atoms with Crippen LogP contribution in [0, 0.1) is 17.8 Å². The smallest absolute Gasteiger partial charge is 0.248 e. The van der Waals surface area contributed by atoms with Crippen LogP contribution in [0.25, 0.3) is 0 Å². The van der Waals surface area contributed by atoms with Crippen molar-refractivity contribution in [3.05, 3.63) is 0 Å². The molecule has 2 bridgehead atoms. The van der Waals surface area contributed by atoms with Crippen molar-refractivity contribution >= 4 is 0 Å². The lowest BCUT2D eigenvalue weighted by Gasteiger charge is -2.52. The van der Waals surface area contributed by atoms with Gasteiger partial charge in [-0.05, 0) is 24.2 Å². The van der Waals surface area contributed by atoms with Crippen LogP contribution in [0.4, 0.5) is 8.78 Å². The zero-order valence-corrected chi connectivity index (χ0v) is 8.70. The van der Waals surface area contributed by atoms with Crippen LogP contribution in [-0.4, -0.2) is 41.7 Å². The fourth-order valence-electron chi connectivity index (χ4n) is 3.39. The van der Waals surface area contributed by atoms with Gasteiger partial charge in [0.15, 0.2) is 0 Å². The molecule has 2 aliphatic heterocycles. The van der Waals surface area contributed by atoms with Gasteiger partial charge in [-0.1, -0.05) is 0 Å². The molecule has 86 valence electrons. The van der Waals surface area contributed by atoms with Crippen molar-refractivity contribution < 1.29 is 13.9 Å². The third-order valence-corrected chi connectivity index (χ3v) is 4.25. The number of aliphatic hydroxyl groups excluding tert-OH is 1. The predicted molar refractivity (Wildman–Crippen MR) is 51.7 cm³/mol. The van der Waals surface area contributed by atoms with E-state index in [0.717, 1.165) is 26.1 Å². The van der Waals surface area contributed by atoms with Gasteiger partial charge in [-0.2, -0.15) is 0 Å². The summed E-state index contributed by atoms with van der Waals surface area (Å²) in [6.07, 6.45) is 1.17. The fourth-order valence-corrected chi connectivity index (χ4v) is 3.39. The second-order valence-electron chi connectivity index (χ2n) is 5.60. The summed E-state index contributed by atoms with van der Waals surface area (Å²) in [5, 5.41) is 9.59. The summed E-state index contributed by atoms with van der Waals surface area (Å²) < 4.78 is 25.3. The topological polar surface area (TPSA) is 23.5 Å². The highest BCUT2D eigenvalue weighted by Crippen LogP contribution is 2.45. The summed E-state index contributed by atoms with van der Waals surface area (Å²) in [5.41, 5.74) is 0. The third kappa shape index (κ3) is 1.68. The van der Waals surface area contributed by atoms with Gasteiger partial charge in [0.2, 0.25) is 5.92 Å². The first-order valence-corrected chi connectivity index (χ1v) is 5.82. The summed E-state index contributed by atoms with van der Waals surface area (Å²) in [5.74, 6) is -1.36. The van der Waals surface area contributed by atoms with Gasteiger partial charge in [0.25, 0.3) is 0 Å². The van der Waals surface area contributed by atoms with E-state index in [-0.39, 0.29) is 24.9 Å². The molecule has 4 heteroatoms. The number of halogens is 2. The molecule has 2 nitrogen and oxygen atoms in total. The molecule has 4 fully saturated rings. The zero-order chi connectivity index (χ0) is 10.6. The zero-order valence-electron chi connectivity index (χ0n) is 8.70. The summed E-state index contributed by atoms with van der Waals surface area (Å²) in [4.78, 5) is 2.27. The lowest BCUT2D eigenvalue weighted by molar-refractivity contribution is -0.141. The molecule has 1 N–H and O–H groups in total. The highest BCUT2D eigenvalue weighted by molar-refractivity contribution is 4.98. The Hall–Kier alpha value is -0.220. The number of aliphatic hydroxyl groups is 1. The van der Waals surface area contributed by atoms with Gasteiger partial charge >= 0.3 is 0 Å². The van der Waals surface area contributed by atoms with E-state index in [4.69, 9.17) is 0 Å². The van der Waals surface area contributed by atoms with Crippen molar-refractivity contribution in [1.29, 1.82) is 0 Å². The van der Waals surface area contributed by atoms with Crippen molar-refractivity contribution in [3.8, 4) is 0 Å². The van der Waals surface area contributed by atoms with E-state index in [2.05, 4.69) is 4.90 Å². The van der Waals surface area contributed by atoms with E-state index in [9.17, 15) is 13.9 Å². The van der Waals surface area contributed by atoms with Gasteiger partial charge in [0, 0.05) is 32.5 Å². The molecular weight excluding hydrogens is 200 g/mol. The maximum atomic E-state index is 12.6. The Balaban J connectivity index is 1.47. The van der Waals surface area contributed by atoms with Crippen molar-refractivity contribution in [2.75, 3.05) is 19.6 Å². The van der Waals surface area contributed by atoms with Crippen LogP contribution in [-0.2, 0) is 0 Å². The Morgan fingerprint density at radius 1 is 1.20 bits per heavy atom. The average molecular weight is 217 g/mol. The predicted octanol–water partition coefficient (Wildman–Crippen LogP) is 1.34. The first-order valence-electron chi connectivity index (χ1n) is 5.82. The second kappa shape index (κ2) is 3.14. The quantitative estimate of drug-likeness (QED) is 0.754. The largest absolute Gasteiger partial charge is 0.392 e. The minimum Gasteiger partial charge on any atom is -0.392 e. The van der Waals surface area contributed by atoms with Crippen LogP contribution >= 0.6 is 0 Å². The molecule has 2 saturated carbocycles. The van der Waals surface area contributed by atoms with Crippen LogP contribution in [0.5, 0.6) is 0 Å². The number of fused-ring (bicyclic) bond motifs is 2.